The number of carbonyl (C=O) groups excluding carboxylic acids is 1. The molecule has 4 nitrogen and oxygen atoms in total. The smallest absolute Gasteiger partial charge is 0.337 e. The standard InChI is InChI=1S/C31H38N2O2S/c1-30(2)13-14-31(3,4)26-18-23(9-10-25(26)30)27-20-36-28(32-27)22-11-15-33(16-12-22)19-21-7-6-8-24(17-21)29(34)35-5/h6-10,17-18,20,22H,11-16,19H2,1-5H3. The fraction of sp³-hybridized carbons (Fsp3) is 0.484. The molecule has 3 aromatic rings. The van der Waals surface area contributed by atoms with Crippen molar-refractivity contribution in [1.82, 2.24) is 9.88 Å². The third kappa shape index (κ3) is 5.01. The Balaban J connectivity index is 1.25. The summed E-state index contributed by atoms with van der Waals surface area (Å²) in [5.74, 6) is 0.246. The van der Waals surface area contributed by atoms with Crippen molar-refractivity contribution in [1.29, 1.82) is 0 Å². The van der Waals surface area contributed by atoms with Crippen molar-refractivity contribution in [3.8, 4) is 11.3 Å². The van der Waals surface area contributed by atoms with Gasteiger partial charge in [-0.25, -0.2) is 9.78 Å². The molecule has 5 rings (SSSR count). The predicted molar refractivity (Wildman–Crippen MR) is 148 cm³/mol. The lowest BCUT2D eigenvalue weighted by atomic mass is 9.63. The normalized spacial score (nSPS) is 19.6. The van der Waals surface area contributed by atoms with Crippen molar-refractivity contribution in [2.45, 2.75) is 76.7 Å². The van der Waals surface area contributed by atoms with Crippen LogP contribution in [0.25, 0.3) is 11.3 Å². The van der Waals surface area contributed by atoms with Gasteiger partial charge in [-0.1, -0.05) is 52.0 Å². The topological polar surface area (TPSA) is 42.4 Å². The molecule has 0 N–H and O–H groups in total. The summed E-state index contributed by atoms with van der Waals surface area (Å²) in [6.45, 7) is 12.5. The summed E-state index contributed by atoms with van der Waals surface area (Å²) < 4.78 is 4.87. The number of hydrogen-bond acceptors (Lipinski definition) is 5. The molecule has 190 valence electrons. The number of piperidine rings is 1. The highest BCUT2D eigenvalue weighted by molar-refractivity contribution is 7.10. The molecule has 0 radical (unpaired) electrons. The number of methoxy groups -OCH3 is 1. The van der Waals surface area contributed by atoms with Crippen molar-refractivity contribution in [3.05, 3.63) is 75.1 Å². The van der Waals surface area contributed by atoms with Gasteiger partial charge >= 0.3 is 5.97 Å². The van der Waals surface area contributed by atoms with E-state index in [1.807, 2.05) is 29.5 Å². The minimum atomic E-state index is -0.277. The van der Waals surface area contributed by atoms with Gasteiger partial charge in [0.2, 0.25) is 0 Å². The van der Waals surface area contributed by atoms with Crippen LogP contribution in [-0.2, 0) is 22.1 Å². The van der Waals surface area contributed by atoms with E-state index in [2.05, 4.69) is 62.2 Å². The molecule has 1 fully saturated rings. The highest BCUT2D eigenvalue weighted by Crippen LogP contribution is 2.47. The Labute approximate surface area is 219 Å². The Morgan fingerprint density at radius 2 is 1.75 bits per heavy atom. The number of nitrogens with zero attached hydrogens (tertiary/aromatic N) is 2. The van der Waals surface area contributed by atoms with Gasteiger partial charge in [0.1, 0.15) is 0 Å². The first-order chi connectivity index (χ1) is 17.2. The lowest BCUT2D eigenvalue weighted by Gasteiger charge is -2.42. The highest BCUT2D eigenvalue weighted by atomic mass is 32.1. The monoisotopic (exact) mass is 502 g/mol. The predicted octanol–water partition coefficient (Wildman–Crippen LogP) is 7.33. The zero-order valence-corrected chi connectivity index (χ0v) is 23.1. The lowest BCUT2D eigenvalue weighted by molar-refractivity contribution is 0.0600. The van der Waals surface area contributed by atoms with Crippen LogP contribution in [-0.4, -0.2) is 36.1 Å². The van der Waals surface area contributed by atoms with Gasteiger partial charge in [-0.3, -0.25) is 4.90 Å². The molecule has 0 atom stereocenters. The van der Waals surface area contributed by atoms with Gasteiger partial charge in [-0.15, -0.1) is 11.3 Å². The van der Waals surface area contributed by atoms with E-state index in [9.17, 15) is 4.79 Å². The molecular weight excluding hydrogens is 464 g/mol. The molecule has 0 saturated carbocycles. The maximum Gasteiger partial charge on any atom is 0.337 e. The van der Waals surface area contributed by atoms with Crippen molar-refractivity contribution in [2.75, 3.05) is 20.2 Å². The Bertz CT molecular complexity index is 1250. The summed E-state index contributed by atoms with van der Waals surface area (Å²) in [7, 11) is 1.43. The minimum Gasteiger partial charge on any atom is -0.465 e. The number of esters is 1. The number of likely N-dealkylation sites (tertiary alicyclic amines) is 1. The van der Waals surface area contributed by atoms with Crippen LogP contribution in [0.2, 0.25) is 0 Å². The molecule has 0 unspecified atom stereocenters. The van der Waals surface area contributed by atoms with E-state index in [0.717, 1.165) is 43.7 Å². The summed E-state index contributed by atoms with van der Waals surface area (Å²) in [5, 5.41) is 3.53. The molecule has 2 aromatic carbocycles. The molecule has 1 aliphatic heterocycles. The van der Waals surface area contributed by atoms with Crippen molar-refractivity contribution < 1.29 is 9.53 Å². The van der Waals surface area contributed by atoms with E-state index in [4.69, 9.17) is 9.72 Å². The van der Waals surface area contributed by atoms with Crippen LogP contribution in [0.3, 0.4) is 0 Å². The Morgan fingerprint density at radius 3 is 2.47 bits per heavy atom. The molecular formula is C31H38N2O2S. The summed E-state index contributed by atoms with van der Waals surface area (Å²) in [4.78, 5) is 19.5. The second-order valence-electron chi connectivity index (χ2n) is 11.8. The van der Waals surface area contributed by atoms with Gasteiger partial charge in [0.25, 0.3) is 0 Å². The summed E-state index contributed by atoms with van der Waals surface area (Å²) in [6, 6.07) is 14.9. The average Bonchev–Trinajstić information content (AvgIpc) is 3.37. The van der Waals surface area contributed by atoms with E-state index in [1.165, 1.54) is 41.6 Å². The average molecular weight is 503 g/mol. The van der Waals surface area contributed by atoms with Gasteiger partial charge < -0.3 is 4.74 Å². The van der Waals surface area contributed by atoms with E-state index in [-0.39, 0.29) is 16.8 Å². The maximum atomic E-state index is 11.9. The van der Waals surface area contributed by atoms with Gasteiger partial charge in [0.15, 0.2) is 0 Å². The number of benzene rings is 2. The third-order valence-corrected chi connectivity index (χ3v) is 9.37. The van der Waals surface area contributed by atoms with E-state index < -0.39 is 0 Å². The summed E-state index contributed by atoms with van der Waals surface area (Å²) in [5.41, 5.74) is 7.61. The zero-order valence-electron chi connectivity index (χ0n) is 22.3. The molecule has 0 spiro atoms. The minimum absolute atomic E-state index is 0.211. The lowest BCUT2D eigenvalue weighted by Crippen LogP contribution is -2.33. The van der Waals surface area contributed by atoms with Gasteiger partial charge in [-0.2, -0.15) is 0 Å². The Morgan fingerprint density at radius 1 is 1.03 bits per heavy atom. The third-order valence-electron chi connectivity index (χ3n) is 8.36. The first-order valence-electron chi connectivity index (χ1n) is 13.2. The van der Waals surface area contributed by atoms with E-state index in [1.54, 1.807) is 0 Å². The number of aromatic nitrogens is 1. The number of carbonyl (C=O) groups is 1. The summed E-state index contributed by atoms with van der Waals surface area (Å²) in [6.07, 6.45) is 4.71. The molecule has 1 aromatic heterocycles. The molecule has 2 aliphatic rings. The molecule has 5 heteroatoms. The number of thiazole rings is 1. The van der Waals surface area contributed by atoms with Crippen molar-refractivity contribution >= 4 is 17.3 Å². The van der Waals surface area contributed by atoms with Crippen LogP contribution in [0.15, 0.2) is 47.8 Å². The number of fused-ring (bicyclic) bond motifs is 1. The van der Waals surface area contributed by atoms with Crippen molar-refractivity contribution in [2.24, 2.45) is 0 Å². The SMILES string of the molecule is COC(=O)c1cccc(CN2CCC(c3nc(-c4ccc5c(c4)C(C)(C)CCC5(C)C)cs3)CC2)c1. The van der Waals surface area contributed by atoms with Crippen LogP contribution in [0.1, 0.15) is 91.4 Å². The largest absolute Gasteiger partial charge is 0.465 e. The molecule has 0 amide bonds. The second-order valence-corrected chi connectivity index (χ2v) is 12.7. The van der Waals surface area contributed by atoms with Crippen LogP contribution in [0.4, 0.5) is 0 Å². The van der Waals surface area contributed by atoms with Gasteiger partial charge in [0, 0.05) is 23.4 Å². The second kappa shape index (κ2) is 9.75. The Hall–Kier alpha value is -2.50. The molecule has 1 saturated heterocycles. The molecule has 36 heavy (non-hydrogen) atoms. The molecule has 0 bridgehead atoms. The first-order valence-corrected chi connectivity index (χ1v) is 14.0. The number of rotatable bonds is 5. The van der Waals surface area contributed by atoms with Crippen molar-refractivity contribution in [3.63, 3.8) is 0 Å². The summed E-state index contributed by atoms with van der Waals surface area (Å²) >= 11 is 1.82. The number of hydrogen-bond donors (Lipinski definition) is 0. The molecule has 2 heterocycles. The quantitative estimate of drug-likeness (QED) is 0.343. The van der Waals surface area contributed by atoms with E-state index >= 15 is 0 Å². The maximum absolute atomic E-state index is 11.9. The first kappa shape index (κ1) is 25.2. The zero-order chi connectivity index (χ0) is 25.5. The van der Waals surface area contributed by atoms with Crippen LogP contribution in [0, 0.1) is 0 Å². The fourth-order valence-corrected chi connectivity index (χ4v) is 6.87. The van der Waals surface area contributed by atoms with Gasteiger partial charge in [0.05, 0.1) is 23.4 Å². The van der Waals surface area contributed by atoms with Crippen LogP contribution in [0.5, 0.6) is 0 Å². The van der Waals surface area contributed by atoms with Crippen LogP contribution < -0.4 is 0 Å². The molecule has 1 aliphatic carbocycles. The van der Waals surface area contributed by atoms with E-state index in [0.29, 0.717) is 11.5 Å². The number of ether oxygens (including phenoxy) is 1. The fourth-order valence-electron chi connectivity index (χ4n) is 5.87. The Kier molecular flexibility index (Phi) is 6.82. The van der Waals surface area contributed by atoms with Crippen LogP contribution >= 0.6 is 11.3 Å². The highest BCUT2D eigenvalue weighted by Gasteiger charge is 2.37. The van der Waals surface area contributed by atoms with Gasteiger partial charge in [-0.05, 0) is 84.5 Å².